The second kappa shape index (κ2) is 12.9. The van der Waals surface area contributed by atoms with Crippen molar-refractivity contribution >= 4 is 36.5 Å². The van der Waals surface area contributed by atoms with Crippen molar-refractivity contribution in [3.8, 4) is 0 Å². The van der Waals surface area contributed by atoms with Gasteiger partial charge in [-0.25, -0.2) is 0 Å². The van der Waals surface area contributed by atoms with Crippen molar-refractivity contribution in [2.75, 3.05) is 0 Å². The SMILES string of the molecule is CC1=C(c2cccc3ccccc23)c2ccccc2[CH]1[Ti+2](=[C](C)C)[CH]1C(C)=C(c2cccc3ccccc23)c2ccccc21.[Cl-].[Cl-]. The molecule has 0 aliphatic heterocycles. The van der Waals surface area contributed by atoms with Gasteiger partial charge in [0.1, 0.15) is 0 Å². The zero-order chi connectivity index (χ0) is 29.9. The predicted octanol–water partition coefficient (Wildman–Crippen LogP) is 5.28. The summed E-state index contributed by atoms with van der Waals surface area (Å²) in [6.07, 6.45) is 0. The molecule has 0 amide bonds. The van der Waals surface area contributed by atoms with Crippen LogP contribution in [0, 0.1) is 0 Å². The number of fused-ring (bicyclic) bond motifs is 4. The van der Waals surface area contributed by atoms with Crippen molar-refractivity contribution in [2.45, 2.75) is 36.1 Å². The predicted molar refractivity (Wildman–Crippen MR) is 186 cm³/mol. The molecule has 0 spiro atoms. The summed E-state index contributed by atoms with van der Waals surface area (Å²) < 4.78 is 2.58. The first kappa shape index (κ1) is 32.4. The van der Waals surface area contributed by atoms with E-state index in [4.69, 9.17) is 0 Å². The van der Waals surface area contributed by atoms with Crippen LogP contribution >= 0.6 is 0 Å². The minimum atomic E-state index is -2.05. The molecule has 2 atom stereocenters. The summed E-state index contributed by atoms with van der Waals surface area (Å²) in [5.41, 5.74) is 14.7. The third-order valence-electron chi connectivity index (χ3n) is 10.1. The van der Waals surface area contributed by atoms with E-state index < -0.39 is 17.4 Å². The molecule has 2 aliphatic rings. The number of hydrogen-bond donors (Lipinski definition) is 0. The molecule has 6 aromatic carbocycles. The first-order valence-electron chi connectivity index (χ1n) is 15.8. The van der Waals surface area contributed by atoms with Crippen LogP contribution in [0.15, 0.2) is 145 Å². The monoisotopic (exact) mass is 670 g/mol. The standard InChI is InChI=1S/2C20H15.C3H6.2ClH.Ti/c2*1-14-13-16-8-3-5-11-18(16)20(14)19-12-6-9-15-7-2-4-10-17(15)19;1-3-2;;;/h2*2-13H,1H3;1-2H3;2*1H;/q;;;;;+2/p-2. The van der Waals surface area contributed by atoms with E-state index in [0.29, 0.717) is 8.45 Å². The Kier molecular flexibility index (Phi) is 9.12. The van der Waals surface area contributed by atoms with E-state index in [1.165, 1.54) is 66.1 Å². The number of hydrogen-bond acceptors (Lipinski definition) is 0. The van der Waals surface area contributed by atoms with Crippen molar-refractivity contribution in [2.24, 2.45) is 0 Å². The Morgan fingerprint density at radius 2 is 0.783 bits per heavy atom. The van der Waals surface area contributed by atoms with Crippen molar-refractivity contribution < 1.29 is 42.2 Å². The second-order valence-corrected chi connectivity index (χ2v) is 17.5. The number of benzene rings is 6. The molecular formula is C43H36Cl2Ti. The van der Waals surface area contributed by atoms with Crippen LogP contribution < -0.4 is 24.8 Å². The smallest absolute Gasteiger partial charge is 1.00 e. The summed E-state index contributed by atoms with van der Waals surface area (Å²) in [5, 5.41) is 5.31. The molecule has 0 saturated carbocycles. The van der Waals surface area contributed by atoms with Gasteiger partial charge in [-0.3, -0.25) is 0 Å². The van der Waals surface area contributed by atoms with E-state index in [1.807, 2.05) is 0 Å². The van der Waals surface area contributed by atoms with Crippen LogP contribution in [0.25, 0.3) is 32.7 Å². The summed E-state index contributed by atoms with van der Waals surface area (Å²) in [4.78, 5) is 0. The van der Waals surface area contributed by atoms with Crippen LogP contribution in [0.2, 0.25) is 0 Å². The van der Waals surface area contributed by atoms with E-state index in [-0.39, 0.29) is 24.8 Å². The Hall–Kier alpha value is -3.52. The van der Waals surface area contributed by atoms with Crippen molar-refractivity contribution in [1.29, 1.82) is 0 Å². The topological polar surface area (TPSA) is 0 Å². The Labute approximate surface area is 291 Å². The van der Waals surface area contributed by atoms with E-state index >= 15 is 0 Å². The molecule has 6 aromatic rings. The average Bonchev–Trinajstić information content (AvgIpc) is 3.50. The van der Waals surface area contributed by atoms with Crippen LogP contribution in [0.1, 0.15) is 69.5 Å². The van der Waals surface area contributed by atoms with Gasteiger partial charge in [-0.2, -0.15) is 0 Å². The molecule has 8 rings (SSSR count). The fourth-order valence-electron chi connectivity index (χ4n) is 8.28. The maximum absolute atomic E-state index is 2.45. The van der Waals surface area contributed by atoms with E-state index in [9.17, 15) is 0 Å². The summed E-state index contributed by atoms with van der Waals surface area (Å²) in [7, 11) is 0. The maximum Gasteiger partial charge on any atom is -1.00 e. The Balaban J connectivity index is 0.00000186. The Bertz CT molecular complexity index is 2070. The van der Waals surface area contributed by atoms with Crippen molar-refractivity contribution in [1.82, 2.24) is 0 Å². The normalized spacial score (nSPS) is 16.4. The zero-order valence-corrected chi connectivity index (χ0v) is 29.7. The molecule has 0 N–H and O–H groups in total. The van der Waals surface area contributed by atoms with Crippen LogP contribution in [-0.4, -0.2) is 3.81 Å². The molecule has 0 fully saturated rings. The van der Waals surface area contributed by atoms with Gasteiger partial charge >= 0.3 is 268 Å². The molecule has 0 heterocycles. The Morgan fingerprint density at radius 3 is 1.22 bits per heavy atom. The number of halogens is 2. The molecule has 0 aromatic heterocycles. The molecule has 46 heavy (non-hydrogen) atoms. The van der Waals surface area contributed by atoms with Gasteiger partial charge in [-0.05, 0) is 0 Å². The Morgan fingerprint density at radius 1 is 0.435 bits per heavy atom. The summed E-state index contributed by atoms with van der Waals surface area (Å²) >= 11 is -2.05. The fourth-order valence-corrected chi connectivity index (χ4v) is 14.3. The van der Waals surface area contributed by atoms with Crippen LogP contribution in [0.4, 0.5) is 0 Å². The molecule has 0 bridgehead atoms. The minimum Gasteiger partial charge on any atom is -1.00 e. The number of rotatable bonds is 4. The van der Waals surface area contributed by atoms with E-state index in [0.717, 1.165) is 0 Å². The van der Waals surface area contributed by atoms with Gasteiger partial charge in [-0.15, -0.1) is 0 Å². The fraction of sp³-hybridized carbons (Fsp3) is 0.140. The van der Waals surface area contributed by atoms with Gasteiger partial charge in [-0.1, -0.05) is 0 Å². The van der Waals surface area contributed by atoms with Crippen LogP contribution in [0.5, 0.6) is 0 Å². The second-order valence-electron chi connectivity index (χ2n) is 12.7. The quantitative estimate of drug-likeness (QED) is 0.224. The first-order valence-corrected chi connectivity index (χ1v) is 18.4. The van der Waals surface area contributed by atoms with E-state index in [2.05, 4.69) is 161 Å². The van der Waals surface area contributed by atoms with Crippen LogP contribution in [-0.2, 0) is 17.4 Å². The molecule has 226 valence electrons. The summed E-state index contributed by atoms with van der Waals surface area (Å²) in [5.74, 6) is 0. The van der Waals surface area contributed by atoms with Gasteiger partial charge in [0.2, 0.25) is 0 Å². The molecule has 0 radical (unpaired) electrons. The summed E-state index contributed by atoms with van der Waals surface area (Å²) in [6.45, 7) is 9.77. The van der Waals surface area contributed by atoms with Crippen molar-refractivity contribution in [3.05, 3.63) is 178 Å². The largest absolute Gasteiger partial charge is 1.00 e. The third kappa shape index (κ3) is 4.99. The maximum atomic E-state index is 2.45. The number of allylic oxidation sites excluding steroid dienone is 2. The summed E-state index contributed by atoms with van der Waals surface area (Å²) in [6, 6.07) is 50.0. The van der Waals surface area contributed by atoms with E-state index in [1.54, 1.807) is 15.0 Å². The molecule has 0 nitrogen and oxygen atoms in total. The molecule has 0 saturated heterocycles. The third-order valence-corrected chi connectivity index (χ3v) is 16.1. The van der Waals surface area contributed by atoms with Gasteiger partial charge in [0.15, 0.2) is 0 Å². The van der Waals surface area contributed by atoms with Gasteiger partial charge in [0.05, 0.1) is 0 Å². The minimum absolute atomic E-state index is 0. The first-order chi connectivity index (χ1) is 21.5. The van der Waals surface area contributed by atoms with Gasteiger partial charge < -0.3 is 24.8 Å². The van der Waals surface area contributed by atoms with Gasteiger partial charge in [0.25, 0.3) is 0 Å². The average molecular weight is 672 g/mol. The molecule has 3 heteroatoms. The van der Waals surface area contributed by atoms with Crippen LogP contribution in [0.3, 0.4) is 0 Å². The molecule has 2 unspecified atom stereocenters. The zero-order valence-electron chi connectivity index (χ0n) is 26.6. The molecular weight excluding hydrogens is 635 g/mol. The van der Waals surface area contributed by atoms with Crippen molar-refractivity contribution in [3.63, 3.8) is 0 Å². The van der Waals surface area contributed by atoms with Gasteiger partial charge in [0, 0.05) is 0 Å². The molecule has 2 aliphatic carbocycles.